The number of allylic oxidation sites excluding steroid dienone is 3. The second kappa shape index (κ2) is 35.9. The van der Waals surface area contributed by atoms with Crippen molar-refractivity contribution in [3.05, 3.63) is 225 Å². The molecule has 20 nitrogen and oxygen atoms in total. The minimum absolute atomic E-state index is 0.0190. The number of rotatable bonds is 24. The number of carbonyl (C=O) groups is 4. The number of hydrogen-bond acceptors (Lipinski definition) is 19. The fourth-order valence-corrected chi connectivity index (χ4v) is 9.53. The molecule has 0 N–H and O–H groups in total. The Morgan fingerprint density at radius 1 is 0.474 bits per heavy atom. The lowest BCUT2D eigenvalue weighted by Crippen LogP contribution is -2.26. The fraction of sp³-hybridized carbons (Fsp3) is 0.208. The Morgan fingerprint density at radius 2 is 0.990 bits per heavy atom. The minimum Gasteiger partial charge on any atom is -0.497 e. The standard InChI is InChI=1S/C23H25NO6.C19H20O5.C18H18O4.C17H14O4/c1-15(25)24(2)12-11-17-13-21-23(30-14-29-21)22(28-4)19(17)9-10-20(26)16-5-7-18(27-3)8-6-16;1-21-14-8-10-18(23-3)16(11-14)17(20)9-6-13-5-7-15(22-2)12-19(13)24-4;1-20-15-8-6-14(7-9-15)16(19)10-4-13-5-11-17(21-2)18(12-13)22-3;1-19-12-5-3-11(4-6-12)15-10-21-16-9-13(20-2)7-8-14(16)17(15)18/h5-10,13H,11-12,14H2,1-4H3;5-12H,1-4H3;4-12H,1-3H3;3-10H,1-2H3/b10-9+;9-6+;10-4+;. The van der Waals surface area contributed by atoms with Crippen LogP contribution in [0.1, 0.15) is 60.3 Å². The number of nitrogens with zero attached hydrogens (tertiary/aromatic N) is 1. The van der Waals surface area contributed by atoms with E-state index in [1.165, 1.54) is 38.5 Å². The van der Waals surface area contributed by atoms with Crippen LogP contribution in [0.4, 0.5) is 0 Å². The largest absolute Gasteiger partial charge is 0.497 e. The molecular weight excluding hydrogens is 1240 g/mol. The van der Waals surface area contributed by atoms with E-state index < -0.39 is 0 Å². The molecule has 97 heavy (non-hydrogen) atoms. The Labute approximate surface area is 563 Å². The van der Waals surface area contributed by atoms with Gasteiger partial charge in [-0.05, 0) is 175 Å². The zero-order valence-electron chi connectivity index (χ0n) is 56.3. The third-order valence-electron chi connectivity index (χ3n) is 15.1. The van der Waals surface area contributed by atoms with Crippen LogP contribution >= 0.6 is 0 Å². The normalized spacial score (nSPS) is 11.0. The molecule has 0 bridgehead atoms. The third kappa shape index (κ3) is 19.3. The molecule has 0 saturated carbocycles. The summed E-state index contributed by atoms with van der Waals surface area (Å²) in [4.78, 5) is 63.0. The number of fused-ring (bicyclic) bond motifs is 2. The van der Waals surface area contributed by atoms with Gasteiger partial charge >= 0.3 is 0 Å². The lowest BCUT2D eigenvalue weighted by Gasteiger charge is -2.18. The van der Waals surface area contributed by atoms with Crippen LogP contribution in [0.15, 0.2) is 185 Å². The Hall–Kier alpha value is -11.9. The molecule has 504 valence electrons. The molecule has 1 aliphatic heterocycles. The predicted octanol–water partition coefficient (Wildman–Crippen LogP) is 14.1. The number of ketones is 3. The molecule has 1 aliphatic rings. The van der Waals surface area contributed by atoms with E-state index in [-0.39, 0.29) is 35.5 Å². The van der Waals surface area contributed by atoms with Gasteiger partial charge in [0, 0.05) is 54.9 Å². The van der Waals surface area contributed by atoms with Crippen molar-refractivity contribution >= 4 is 52.5 Å². The van der Waals surface area contributed by atoms with Crippen LogP contribution in [0.2, 0.25) is 0 Å². The quantitative estimate of drug-likeness (QED) is 0.0405. The molecule has 8 aromatic carbocycles. The number of hydrogen-bond donors (Lipinski definition) is 0. The average molecular weight is 1320 g/mol. The smallest absolute Gasteiger partial charge is 0.231 e. The first-order chi connectivity index (χ1) is 47.0. The van der Waals surface area contributed by atoms with Gasteiger partial charge in [0.2, 0.25) is 18.4 Å². The van der Waals surface area contributed by atoms with Crippen molar-refractivity contribution in [2.75, 3.05) is 98.6 Å². The number of carbonyl (C=O) groups excluding carboxylic acids is 4. The maximum absolute atomic E-state index is 12.6. The van der Waals surface area contributed by atoms with Crippen LogP contribution in [0.5, 0.6) is 74.7 Å². The van der Waals surface area contributed by atoms with Gasteiger partial charge in [0.15, 0.2) is 45.8 Å². The highest BCUT2D eigenvalue weighted by Gasteiger charge is 2.25. The average Bonchev–Trinajstić information content (AvgIpc) is 1.32. The summed E-state index contributed by atoms with van der Waals surface area (Å²) < 4.78 is 74.0. The highest BCUT2D eigenvalue weighted by Crippen LogP contribution is 2.46. The molecule has 20 heteroatoms. The maximum atomic E-state index is 12.6. The predicted molar refractivity (Wildman–Crippen MR) is 372 cm³/mol. The Bertz CT molecular complexity index is 4320. The third-order valence-corrected chi connectivity index (χ3v) is 15.1. The Balaban J connectivity index is 0.000000184. The van der Waals surface area contributed by atoms with E-state index in [1.807, 2.05) is 48.5 Å². The van der Waals surface area contributed by atoms with Gasteiger partial charge in [-0.2, -0.15) is 0 Å². The second-order valence-electron chi connectivity index (χ2n) is 20.8. The van der Waals surface area contributed by atoms with E-state index in [0.717, 1.165) is 39.3 Å². The summed E-state index contributed by atoms with van der Waals surface area (Å²) in [5.41, 5.74) is 6.59. The van der Waals surface area contributed by atoms with Crippen molar-refractivity contribution in [2.45, 2.75) is 13.3 Å². The van der Waals surface area contributed by atoms with E-state index in [0.29, 0.717) is 109 Å². The summed E-state index contributed by atoms with van der Waals surface area (Å²) in [7, 11) is 19.0. The summed E-state index contributed by atoms with van der Waals surface area (Å²) in [5.74, 6) is 7.65. The molecular formula is C77H77NO19. The molecule has 0 saturated heterocycles. The van der Waals surface area contributed by atoms with Crippen LogP contribution in [-0.4, -0.2) is 127 Å². The van der Waals surface area contributed by atoms with Crippen LogP contribution in [0, 0.1) is 0 Å². The molecule has 9 aromatic rings. The number of ether oxygens (including phenoxy) is 13. The van der Waals surface area contributed by atoms with Crippen molar-refractivity contribution < 1.29 is 85.2 Å². The maximum Gasteiger partial charge on any atom is 0.231 e. The van der Waals surface area contributed by atoms with Crippen molar-refractivity contribution in [1.29, 1.82) is 0 Å². The monoisotopic (exact) mass is 1320 g/mol. The highest BCUT2D eigenvalue weighted by atomic mass is 16.7. The van der Waals surface area contributed by atoms with Gasteiger partial charge in [0.25, 0.3) is 0 Å². The van der Waals surface area contributed by atoms with Gasteiger partial charge < -0.3 is 70.9 Å². The SMILES string of the molecule is COc1ccc(-c2coc3cc(OC)ccc3c2=O)cc1.COc1ccc(/C=C/C(=O)c2cc(OC)ccc2OC)c(OC)c1.COc1ccc(C(=O)/C=C/c2c(CCN(C)C(C)=O)cc3c(c2OC)OCO3)cc1.COc1ccc(C(=O)/C=C/c2ccc(OC)c(OC)c2)cc1. The molecule has 0 radical (unpaired) electrons. The van der Waals surface area contributed by atoms with Crippen LogP contribution in [0.3, 0.4) is 0 Å². The van der Waals surface area contributed by atoms with E-state index in [2.05, 4.69) is 0 Å². The zero-order chi connectivity index (χ0) is 70.0. The van der Waals surface area contributed by atoms with Crippen molar-refractivity contribution in [2.24, 2.45) is 0 Å². The second-order valence-corrected chi connectivity index (χ2v) is 20.8. The van der Waals surface area contributed by atoms with Gasteiger partial charge in [-0.1, -0.05) is 24.3 Å². The molecule has 0 spiro atoms. The summed E-state index contributed by atoms with van der Waals surface area (Å²) in [6.45, 7) is 2.15. The first-order valence-electron chi connectivity index (χ1n) is 30.0. The van der Waals surface area contributed by atoms with E-state index >= 15 is 0 Å². The molecule has 10 rings (SSSR count). The summed E-state index contributed by atoms with van der Waals surface area (Å²) in [6.07, 6.45) is 11.7. The molecule has 1 amide bonds. The van der Waals surface area contributed by atoms with Crippen molar-refractivity contribution in [3.63, 3.8) is 0 Å². The van der Waals surface area contributed by atoms with Gasteiger partial charge in [0.1, 0.15) is 57.8 Å². The van der Waals surface area contributed by atoms with Gasteiger partial charge in [-0.25, -0.2) is 0 Å². The summed E-state index contributed by atoms with van der Waals surface area (Å²) in [5, 5.41) is 0.532. The van der Waals surface area contributed by atoms with Gasteiger partial charge in [0.05, 0.1) is 94.7 Å². The van der Waals surface area contributed by atoms with Gasteiger partial charge in [-0.15, -0.1) is 0 Å². The highest BCUT2D eigenvalue weighted by molar-refractivity contribution is 6.09. The topological polar surface area (TPSA) is 222 Å². The van der Waals surface area contributed by atoms with Crippen LogP contribution in [-0.2, 0) is 11.2 Å². The molecule has 2 heterocycles. The molecule has 0 fully saturated rings. The Kier molecular flexibility index (Phi) is 26.9. The number of amides is 1. The zero-order valence-corrected chi connectivity index (χ0v) is 56.3. The van der Waals surface area contributed by atoms with Gasteiger partial charge in [-0.3, -0.25) is 24.0 Å². The van der Waals surface area contributed by atoms with E-state index in [4.69, 9.17) is 66.0 Å². The lowest BCUT2D eigenvalue weighted by molar-refractivity contribution is -0.127. The van der Waals surface area contributed by atoms with E-state index in [1.54, 1.807) is 204 Å². The summed E-state index contributed by atoms with van der Waals surface area (Å²) >= 11 is 0. The van der Waals surface area contributed by atoms with Crippen molar-refractivity contribution in [3.8, 4) is 85.9 Å². The number of methoxy groups -OCH3 is 11. The number of likely N-dealkylation sites (N-methyl/N-ethyl adjacent to an activating group) is 1. The molecule has 1 aromatic heterocycles. The van der Waals surface area contributed by atoms with E-state index in [9.17, 15) is 24.0 Å². The molecule has 0 aliphatic carbocycles. The minimum atomic E-state index is -0.191. The van der Waals surface area contributed by atoms with Crippen LogP contribution in [0.25, 0.3) is 40.3 Å². The van der Waals surface area contributed by atoms with Crippen LogP contribution < -0.4 is 67.0 Å². The lowest BCUT2D eigenvalue weighted by atomic mass is 10.00. The number of benzene rings is 8. The Morgan fingerprint density at radius 3 is 1.56 bits per heavy atom. The molecule has 0 unspecified atom stereocenters. The first-order valence-corrected chi connectivity index (χ1v) is 30.0. The van der Waals surface area contributed by atoms with Crippen molar-refractivity contribution in [1.82, 2.24) is 4.90 Å². The fourth-order valence-electron chi connectivity index (χ4n) is 9.53. The first kappa shape index (κ1) is 72.5. The molecule has 0 atom stereocenters. The summed E-state index contributed by atoms with van der Waals surface area (Å²) in [6, 6.07) is 44.2.